The van der Waals surface area contributed by atoms with Crippen molar-refractivity contribution >= 4 is 52.6 Å². The van der Waals surface area contributed by atoms with Gasteiger partial charge < -0.3 is 14.2 Å². The molecule has 11 heteroatoms. The molecule has 8 nitrogen and oxygen atoms in total. The Balaban J connectivity index is 1.96. The monoisotopic (exact) mass is 574 g/mol. The van der Waals surface area contributed by atoms with Gasteiger partial charge in [-0.3, -0.25) is 14.2 Å². The maximum atomic E-state index is 13.8. The lowest BCUT2D eigenvalue weighted by molar-refractivity contribution is -0.139. The predicted octanol–water partition coefficient (Wildman–Crippen LogP) is 4.43. The van der Waals surface area contributed by atoms with Gasteiger partial charge in [-0.05, 0) is 62.2 Å². The zero-order valence-electron chi connectivity index (χ0n) is 21.0. The summed E-state index contributed by atoms with van der Waals surface area (Å²) in [6.07, 6.45) is 1.67. The van der Waals surface area contributed by atoms with Crippen molar-refractivity contribution in [2.45, 2.75) is 33.7 Å². The third kappa shape index (κ3) is 5.55. The highest BCUT2D eigenvalue weighted by atomic mass is 35.5. The van der Waals surface area contributed by atoms with Gasteiger partial charge in [-0.25, -0.2) is 9.79 Å². The number of rotatable bonds is 7. The van der Waals surface area contributed by atoms with Crippen molar-refractivity contribution in [3.05, 3.63) is 88.5 Å². The molecule has 1 aliphatic heterocycles. The maximum Gasteiger partial charge on any atom is 0.338 e. The average Bonchev–Trinajstić information content (AvgIpc) is 3.15. The third-order valence-corrected chi connectivity index (χ3v) is 7.15. The summed E-state index contributed by atoms with van der Waals surface area (Å²) in [6, 6.07) is 9.04. The van der Waals surface area contributed by atoms with Crippen LogP contribution in [0.25, 0.3) is 6.08 Å². The van der Waals surface area contributed by atoms with Crippen molar-refractivity contribution in [1.29, 1.82) is 0 Å². The highest BCUT2D eigenvalue weighted by Crippen LogP contribution is 2.36. The molecule has 0 aliphatic carbocycles. The molecule has 1 aromatic heterocycles. The second-order valence-electron chi connectivity index (χ2n) is 8.20. The van der Waals surface area contributed by atoms with E-state index in [1.807, 2.05) is 0 Å². The Hall–Kier alpha value is -3.40. The second kappa shape index (κ2) is 11.6. The highest BCUT2D eigenvalue weighted by Gasteiger charge is 2.34. The smallest absolute Gasteiger partial charge is 0.338 e. The Morgan fingerprint density at radius 2 is 1.87 bits per heavy atom. The molecule has 0 saturated heterocycles. The first-order valence-electron chi connectivity index (χ1n) is 11.7. The van der Waals surface area contributed by atoms with Crippen LogP contribution in [0.2, 0.25) is 10.0 Å². The first-order chi connectivity index (χ1) is 18.1. The molecule has 1 atom stereocenters. The summed E-state index contributed by atoms with van der Waals surface area (Å²) < 4.78 is 18.2. The lowest BCUT2D eigenvalue weighted by atomic mass is 9.95. The second-order valence-corrected chi connectivity index (χ2v) is 10.1. The molecule has 2 heterocycles. The van der Waals surface area contributed by atoms with Gasteiger partial charge >= 0.3 is 11.9 Å². The number of aromatic nitrogens is 1. The van der Waals surface area contributed by atoms with E-state index in [1.165, 1.54) is 22.8 Å². The van der Waals surface area contributed by atoms with Gasteiger partial charge in [-0.1, -0.05) is 46.7 Å². The molecular formula is C27H24Cl2N2O6S. The van der Waals surface area contributed by atoms with Gasteiger partial charge in [0.05, 0.1) is 35.1 Å². The molecule has 0 fully saturated rings. The summed E-state index contributed by atoms with van der Waals surface area (Å²) in [5, 5.41) is 0.872. The Labute approximate surface area is 232 Å². The van der Waals surface area contributed by atoms with Crippen molar-refractivity contribution in [3.63, 3.8) is 0 Å². The molecule has 38 heavy (non-hydrogen) atoms. The molecule has 0 spiro atoms. The number of hydrogen-bond acceptors (Lipinski definition) is 8. The Kier molecular flexibility index (Phi) is 8.40. The zero-order valence-corrected chi connectivity index (χ0v) is 23.4. The topological polar surface area (TPSA) is 96.2 Å². The van der Waals surface area contributed by atoms with Crippen LogP contribution in [0.3, 0.4) is 0 Å². The fraction of sp³-hybridized carbons (Fsp3) is 0.259. The fourth-order valence-electron chi connectivity index (χ4n) is 4.07. The van der Waals surface area contributed by atoms with Crippen LogP contribution in [-0.4, -0.2) is 29.7 Å². The summed E-state index contributed by atoms with van der Waals surface area (Å²) in [4.78, 5) is 43.5. The fourth-order valence-corrected chi connectivity index (χ4v) is 5.57. The molecule has 0 amide bonds. The van der Waals surface area contributed by atoms with Crippen LogP contribution in [-0.2, 0) is 14.3 Å². The first kappa shape index (κ1) is 27.6. The van der Waals surface area contributed by atoms with Gasteiger partial charge in [0.15, 0.2) is 16.3 Å². The number of carbonyl (C=O) groups excluding carboxylic acids is 2. The predicted molar refractivity (Wildman–Crippen MR) is 146 cm³/mol. The number of halogens is 2. The molecule has 0 bridgehead atoms. The lowest BCUT2D eigenvalue weighted by Crippen LogP contribution is -2.40. The molecule has 0 N–H and O–H groups in total. The number of benzene rings is 2. The van der Waals surface area contributed by atoms with Crippen molar-refractivity contribution in [2.75, 3.05) is 13.2 Å². The highest BCUT2D eigenvalue weighted by molar-refractivity contribution is 7.07. The van der Waals surface area contributed by atoms with Crippen molar-refractivity contribution in [1.82, 2.24) is 4.57 Å². The molecule has 2 aromatic carbocycles. The van der Waals surface area contributed by atoms with Gasteiger partial charge in [-0.15, -0.1) is 0 Å². The number of allylic oxidation sites excluding steroid dienone is 1. The number of hydrogen-bond donors (Lipinski definition) is 0. The van der Waals surface area contributed by atoms with E-state index >= 15 is 0 Å². The summed E-state index contributed by atoms with van der Waals surface area (Å²) in [6.45, 7) is 6.94. The SMILES string of the molecule is CCOC(=O)C1=C(C)N=c2s/c(=C/c3ccc(Cl)cc3Cl)c(=O)n2[C@@H]1c1ccc(OC(C)=O)c(OCC)c1. The summed E-state index contributed by atoms with van der Waals surface area (Å²) in [5.41, 5.74) is 1.45. The van der Waals surface area contributed by atoms with Crippen LogP contribution in [0.1, 0.15) is 44.9 Å². The standard InChI is InChI=1S/C27H24Cl2N2O6S/c1-5-35-21-11-17(8-10-20(21)37-15(4)32)24-23(26(34)36-6-2)14(3)30-27-31(24)25(33)22(38-27)12-16-7-9-18(28)13-19(16)29/h7-13,24H,5-6H2,1-4H3/b22-12+/t24-/m1/s1. The number of ether oxygens (including phenoxy) is 3. The van der Waals surface area contributed by atoms with Crippen LogP contribution in [0.15, 0.2) is 57.5 Å². The van der Waals surface area contributed by atoms with E-state index < -0.39 is 18.0 Å². The van der Waals surface area contributed by atoms with E-state index in [1.54, 1.807) is 63.2 Å². The van der Waals surface area contributed by atoms with E-state index in [0.29, 0.717) is 48.6 Å². The number of fused-ring (bicyclic) bond motifs is 1. The minimum absolute atomic E-state index is 0.150. The largest absolute Gasteiger partial charge is 0.490 e. The van der Waals surface area contributed by atoms with Gasteiger partial charge in [-0.2, -0.15) is 0 Å². The Morgan fingerprint density at radius 1 is 1.11 bits per heavy atom. The van der Waals surface area contributed by atoms with E-state index in [4.69, 9.17) is 37.4 Å². The van der Waals surface area contributed by atoms with Crippen molar-refractivity contribution < 1.29 is 23.8 Å². The average molecular weight is 575 g/mol. The van der Waals surface area contributed by atoms with Gasteiger partial charge in [0.1, 0.15) is 0 Å². The van der Waals surface area contributed by atoms with Crippen molar-refractivity contribution in [3.8, 4) is 11.5 Å². The van der Waals surface area contributed by atoms with Crippen LogP contribution < -0.4 is 24.4 Å². The van der Waals surface area contributed by atoms with Crippen LogP contribution >= 0.6 is 34.5 Å². The Bertz CT molecular complexity index is 1640. The van der Waals surface area contributed by atoms with Gasteiger partial charge in [0.2, 0.25) is 0 Å². The zero-order chi connectivity index (χ0) is 27.6. The summed E-state index contributed by atoms with van der Waals surface area (Å²) >= 11 is 13.5. The van der Waals surface area contributed by atoms with E-state index in [2.05, 4.69) is 4.99 Å². The molecule has 3 aromatic rings. The molecule has 198 valence electrons. The van der Waals surface area contributed by atoms with E-state index in [0.717, 1.165) is 0 Å². The molecule has 0 saturated carbocycles. The summed E-state index contributed by atoms with van der Waals surface area (Å²) in [5.74, 6) is -0.564. The van der Waals surface area contributed by atoms with Crippen molar-refractivity contribution in [2.24, 2.45) is 4.99 Å². The first-order valence-corrected chi connectivity index (χ1v) is 13.3. The van der Waals surface area contributed by atoms with Gasteiger partial charge in [0.25, 0.3) is 5.56 Å². The third-order valence-electron chi connectivity index (χ3n) is 5.60. The maximum absolute atomic E-state index is 13.8. The minimum Gasteiger partial charge on any atom is -0.490 e. The molecule has 1 aliphatic rings. The Morgan fingerprint density at radius 3 is 2.53 bits per heavy atom. The lowest BCUT2D eigenvalue weighted by Gasteiger charge is -2.25. The number of thiazole rings is 1. The molecule has 4 rings (SSSR count). The minimum atomic E-state index is -0.862. The molecule has 0 radical (unpaired) electrons. The molecular weight excluding hydrogens is 551 g/mol. The number of carbonyl (C=O) groups is 2. The number of nitrogens with zero attached hydrogens (tertiary/aromatic N) is 2. The summed E-state index contributed by atoms with van der Waals surface area (Å²) in [7, 11) is 0. The quantitative estimate of drug-likeness (QED) is 0.306. The van der Waals surface area contributed by atoms with E-state index in [9.17, 15) is 14.4 Å². The number of esters is 2. The van der Waals surface area contributed by atoms with Crippen LogP contribution in [0.5, 0.6) is 11.5 Å². The van der Waals surface area contributed by atoms with E-state index in [-0.39, 0.29) is 23.5 Å². The van der Waals surface area contributed by atoms with Gasteiger partial charge in [0, 0.05) is 17.0 Å². The van der Waals surface area contributed by atoms with Crippen LogP contribution in [0, 0.1) is 0 Å². The van der Waals surface area contributed by atoms with Crippen LogP contribution in [0.4, 0.5) is 0 Å². The molecule has 0 unspecified atom stereocenters. The normalized spacial score (nSPS) is 15.1.